The Hall–Kier alpha value is -2.09. The summed E-state index contributed by atoms with van der Waals surface area (Å²) < 4.78 is 44.7. The van der Waals surface area contributed by atoms with Crippen molar-refractivity contribution in [1.82, 2.24) is 4.98 Å². The van der Waals surface area contributed by atoms with Crippen molar-refractivity contribution in [2.75, 3.05) is 4.90 Å². The first-order valence-electron chi connectivity index (χ1n) is 7.06. The molecule has 1 aromatic heterocycles. The Morgan fingerprint density at radius 1 is 1.29 bits per heavy atom. The quantitative estimate of drug-likeness (QED) is 0.759. The van der Waals surface area contributed by atoms with Crippen LogP contribution in [0.5, 0.6) is 5.75 Å². The SMILES string of the molecule is C[C@H]1Oc2cc(Br)ccc2N(Cc2cccc(C(F)(F)F)n2)C1=O. The summed E-state index contributed by atoms with van der Waals surface area (Å²) in [4.78, 5) is 17.4. The lowest BCUT2D eigenvalue weighted by Crippen LogP contribution is -2.44. The van der Waals surface area contributed by atoms with Gasteiger partial charge in [0, 0.05) is 4.47 Å². The third-order valence-electron chi connectivity index (χ3n) is 3.55. The number of fused-ring (bicyclic) bond motifs is 1. The van der Waals surface area contributed by atoms with Crippen LogP contribution in [0.4, 0.5) is 18.9 Å². The van der Waals surface area contributed by atoms with Crippen molar-refractivity contribution in [3.05, 3.63) is 52.3 Å². The molecule has 8 heteroatoms. The largest absolute Gasteiger partial charge is 0.479 e. The van der Waals surface area contributed by atoms with Crippen LogP contribution in [0.3, 0.4) is 0 Å². The Morgan fingerprint density at radius 2 is 2.04 bits per heavy atom. The average Bonchev–Trinajstić information content (AvgIpc) is 2.51. The number of halogens is 4. The number of hydrogen-bond acceptors (Lipinski definition) is 3. The fourth-order valence-electron chi connectivity index (χ4n) is 2.43. The predicted octanol–water partition coefficient (Wildman–Crippen LogP) is 4.18. The van der Waals surface area contributed by atoms with Crippen molar-refractivity contribution in [2.45, 2.75) is 25.7 Å². The minimum atomic E-state index is -4.53. The molecule has 0 fully saturated rings. The number of amides is 1. The molecule has 0 N–H and O–H groups in total. The van der Waals surface area contributed by atoms with Gasteiger partial charge in [-0.2, -0.15) is 13.2 Å². The van der Waals surface area contributed by atoms with E-state index in [2.05, 4.69) is 20.9 Å². The minimum absolute atomic E-state index is 0.0644. The first-order chi connectivity index (χ1) is 11.3. The predicted molar refractivity (Wildman–Crippen MR) is 84.7 cm³/mol. The second kappa shape index (κ2) is 6.08. The number of rotatable bonds is 2. The standard InChI is InChI=1S/C16H12BrF3N2O2/c1-9-15(23)22(12-6-5-10(17)7-13(12)24-9)8-11-3-2-4-14(21-11)16(18,19)20/h2-7,9H,8H2,1H3/t9-/m1/s1. The summed E-state index contributed by atoms with van der Waals surface area (Å²) in [6.45, 7) is 1.53. The molecule has 0 unspecified atom stereocenters. The van der Waals surface area contributed by atoms with E-state index in [1.165, 1.54) is 17.0 Å². The Labute approximate surface area is 144 Å². The van der Waals surface area contributed by atoms with E-state index >= 15 is 0 Å². The molecule has 1 aromatic carbocycles. The first kappa shape index (κ1) is 16.8. The van der Waals surface area contributed by atoms with E-state index in [9.17, 15) is 18.0 Å². The zero-order chi connectivity index (χ0) is 17.5. The van der Waals surface area contributed by atoms with Crippen LogP contribution in [0.1, 0.15) is 18.3 Å². The molecule has 24 heavy (non-hydrogen) atoms. The van der Waals surface area contributed by atoms with Crippen LogP contribution in [-0.2, 0) is 17.5 Å². The van der Waals surface area contributed by atoms with Crippen LogP contribution in [0, 0.1) is 0 Å². The third kappa shape index (κ3) is 3.24. The summed E-state index contributed by atoms with van der Waals surface area (Å²) in [5.74, 6) is 0.160. The Balaban J connectivity index is 1.96. The number of benzene rings is 1. The van der Waals surface area contributed by atoms with E-state index in [0.717, 1.165) is 10.5 Å². The molecular weight excluding hydrogens is 389 g/mol. The highest BCUT2D eigenvalue weighted by atomic mass is 79.9. The lowest BCUT2D eigenvalue weighted by atomic mass is 10.1. The van der Waals surface area contributed by atoms with Crippen molar-refractivity contribution in [3.63, 3.8) is 0 Å². The van der Waals surface area contributed by atoms with Gasteiger partial charge >= 0.3 is 6.18 Å². The van der Waals surface area contributed by atoms with Gasteiger partial charge in [-0.05, 0) is 37.3 Å². The maximum atomic E-state index is 12.8. The molecule has 4 nitrogen and oxygen atoms in total. The van der Waals surface area contributed by atoms with Crippen LogP contribution in [-0.4, -0.2) is 17.0 Å². The van der Waals surface area contributed by atoms with E-state index in [4.69, 9.17) is 4.74 Å². The van der Waals surface area contributed by atoms with Gasteiger partial charge in [0.15, 0.2) is 6.10 Å². The molecule has 2 aromatic rings. The Morgan fingerprint density at radius 3 is 2.75 bits per heavy atom. The highest BCUT2D eigenvalue weighted by molar-refractivity contribution is 9.10. The molecule has 0 bridgehead atoms. The monoisotopic (exact) mass is 400 g/mol. The van der Waals surface area contributed by atoms with Crippen molar-refractivity contribution in [3.8, 4) is 5.75 Å². The smallest absolute Gasteiger partial charge is 0.433 e. The maximum absolute atomic E-state index is 12.8. The van der Waals surface area contributed by atoms with Gasteiger partial charge in [-0.15, -0.1) is 0 Å². The first-order valence-corrected chi connectivity index (χ1v) is 7.86. The van der Waals surface area contributed by atoms with Gasteiger partial charge in [-0.3, -0.25) is 9.69 Å². The van der Waals surface area contributed by atoms with Crippen LogP contribution in [0.25, 0.3) is 0 Å². The summed E-state index contributed by atoms with van der Waals surface area (Å²) in [6.07, 6.45) is -5.25. The van der Waals surface area contributed by atoms with E-state index < -0.39 is 18.0 Å². The van der Waals surface area contributed by atoms with Gasteiger partial charge in [0.25, 0.3) is 5.91 Å². The van der Waals surface area contributed by atoms with Crippen molar-refractivity contribution in [1.29, 1.82) is 0 Å². The fourth-order valence-corrected chi connectivity index (χ4v) is 2.78. The maximum Gasteiger partial charge on any atom is 0.433 e. The van der Waals surface area contributed by atoms with Crippen molar-refractivity contribution < 1.29 is 22.7 Å². The average molecular weight is 401 g/mol. The van der Waals surface area contributed by atoms with Gasteiger partial charge in [-0.25, -0.2) is 4.98 Å². The molecule has 0 saturated carbocycles. The minimum Gasteiger partial charge on any atom is -0.479 e. The normalized spacial score (nSPS) is 17.5. The van der Waals surface area contributed by atoms with Gasteiger partial charge in [-0.1, -0.05) is 22.0 Å². The molecular formula is C16H12BrF3N2O2. The molecule has 1 aliphatic heterocycles. The molecule has 1 amide bonds. The van der Waals surface area contributed by atoms with E-state index in [0.29, 0.717) is 11.4 Å². The van der Waals surface area contributed by atoms with E-state index in [-0.39, 0.29) is 18.1 Å². The van der Waals surface area contributed by atoms with E-state index in [1.807, 2.05) is 0 Å². The molecule has 3 rings (SSSR count). The second-order valence-electron chi connectivity index (χ2n) is 5.31. The number of carbonyl (C=O) groups is 1. The highest BCUT2D eigenvalue weighted by Gasteiger charge is 2.34. The zero-order valence-electron chi connectivity index (χ0n) is 12.5. The van der Waals surface area contributed by atoms with Crippen LogP contribution in [0.15, 0.2) is 40.9 Å². The fraction of sp³-hybridized carbons (Fsp3) is 0.250. The number of nitrogens with zero attached hydrogens (tertiary/aromatic N) is 2. The molecule has 0 spiro atoms. The van der Waals surface area contributed by atoms with Gasteiger partial charge in [0.2, 0.25) is 0 Å². The number of ether oxygens (including phenoxy) is 1. The van der Waals surface area contributed by atoms with Gasteiger partial charge in [0.05, 0.1) is 17.9 Å². The summed E-state index contributed by atoms with van der Waals surface area (Å²) in [7, 11) is 0. The van der Waals surface area contributed by atoms with Gasteiger partial charge in [0.1, 0.15) is 11.4 Å². The Bertz CT molecular complexity index is 795. The number of hydrogen-bond donors (Lipinski definition) is 0. The van der Waals surface area contributed by atoms with Crippen LogP contribution in [0.2, 0.25) is 0 Å². The third-order valence-corrected chi connectivity index (χ3v) is 4.04. The lowest BCUT2D eigenvalue weighted by Gasteiger charge is -2.33. The highest BCUT2D eigenvalue weighted by Crippen LogP contribution is 2.37. The molecule has 126 valence electrons. The van der Waals surface area contributed by atoms with E-state index in [1.54, 1.807) is 25.1 Å². The molecule has 1 atom stereocenters. The van der Waals surface area contributed by atoms with Crippen molar-refractivity contribution >= 4 is 27.5 Å². The Kier molecular flexibility index (Phi) is 4.25. The van der Waals surface area contributed by atoms with Crippen LogP contribution >= 0.6 is 15.9 Å². The lowest BCUT2D eigenvalue weighted by molar-refractivity contribution is -0.141. The van der Waals surface area contributed by atoms with Crippen molar-refractivity contribution in [2.24, 2.45) is 0 Å². The molecule has 0 saturated heterocycles. The summed E-state index contributed by atoms with van der Waals surface area (Å²) in [5.41, 5.74) is -0.327. The summed E-state index contributed by atoms with van der Waals surface area (Å²) >= 11 is 3.32. The molecule has 2 heterocycles. The summed E-state index contributed by atoms with van der Waals surface area (Å²) in [5, 5.41) is 0. The number of pyridine rings is 1. The number of carbonyl (C=O) groups excluding carboxylic acids is 1. The molecule has 0 radical (unpaired) electrons. The summed E-state index contributed by atoms with van der Waals surface area (Å²) in [6, 6.07) is 8.77. The molecule has 0 aliphatic carbocycles. The van der Waals surface area contributed by atoms with Crippen LogP contribution < -0.4 is 9.64 Å². The van der Waals surface area contributed by atoms with Gasteiger partial charge < -0.3 is 4.74 Å². The topological polar surface area (TPSA) is 42.4 Å². The number of aromatic nitrogens is 1. The number of alkyl halides is 3. The molecule has 1 aliphatic rings. The second-order valence-corrected chi connectivity index (χ2v) is 6.22. The zero-order valence-corrected chi connectivity index (χ0v) is 14.1. The number of anilines is 1.